The number of hydrogen-bond donors (Lipinski definition) is 2. The Hall–Kier alpha value is -2.32. The maximum atomic E-state index is 13.2. The molecule has 9 heteroatoms. The molecule has 0 bridgehead atoms. The van der Waals surface area contributed by atoms with Crippen molar-refractivity contribution in [3.05, 3.63) is 33.4 Å². The molecular weight excluding hydrogens is 349 g/mol. The van der Waals surface area contributed by atoms with E-state index in [-0.39, 0.29) is 24.9 Å². The number of carbonyl (C=O) groups is 1. The van der Waals surface area contributed by atoms with Crippen molar-refractivity contribution in [3.63, 3.8) is 0 Å². The van der Waals surface area contributed by atoms with Gasteiger partial charge in [-0.2, -0.15) is 13.2 Å². The molecule has 0 aliphatic heterocycles. The first kappa shape index (κ1) is 18.5. The van der Waals surface area contributed by atoms with E-state index in [4.69, 9.17) is 0 Å². The molecule has 1 fully saturated rings. The number of aromatic nitrogens is 3. The smallest absolute Gasteiger partial charge is 0.352 e. The normalized spacial score (nSPS) is 21.1. The van der Waals surface area contributed by atoms with Gasteiger partial charge in [0.25, 0.3) is 5.56 Å². The number of nitrogens with one attached hydrogen (secondary N) is 2. The minimum atomic E-state index is -4.36. The Labute approximate surface area is 147 Å². The van der Waals surface area contributed by atoms with Crippen LogP contribution in [0.4, 0.5) is 13.2 Å². The van der Waals surface area contributed by atoms with E-state index in [1.807, 2.05) is 0 Å². The molecule has 2 atom stereocenters. The molecule has 3 rings (SSSR count). The summed E-state index contributed by atoms with van der Waals surface area (Å²) in [5, 5.41) is 5.25. The largest absolute Gasteiger partial charge is 0.392 e. The van der Waals surface area contributed by atoms with E-state index >= 15 is 0 Å². The van der Waals surface area contributed by atoms with E-state index in [0.717, 1.165) is 0 Å². The van der Waals surface area contributed by atoms with Crippen LogP contribution in [0.15, 0.2) is 10.9 Å². The lowest BCUT2D eigenvalue weighted by atomic mass is 9.78. The maximum Gasteiger partial charge on any atom is 0.392 e. The fourth-order valence-electron chi connectivity index (χ4n) is 3.75. The standard InChI is InChI=1S/C17H21F3N4O2/c1-9-12(10(2)24-14(22-9)7-15(25)23-24)8-21-16(26)11-5-3-4-6-13(11)17(18,19)20/h7,11,13H,3-6,8H2,1-2H3,(H,21,26)(H,23,25)/t11-,13-/m1/s1. The van der Waals surface area contributed by atoms with Crippen LogP contribution >= 0.6 is 0 Å². The van der Waals surface area contributed by atoms with Gasteiger partial charge in [-0.05, 0) is 26.7 Å². The second-order valence-electron chi connectivity index (χ2n) is 6.83. The van der Waals surface area contributed by atoms with Crippen molar-refractivity contribution in [2.24, 2.45) is 11.8 Å². The van der Waals surface area contributed by atoms with Gasteiger partial charge in [0.15, 0.2) is 5.65 Å². The van der Waals surface area contributed by atoms with Crippen LogP contribution in [0.25, 0.3) is 5.65 Å². The highest BCUT2D eigenvalue weighted by molar-refractivity contribution is 5.79. The molecule has 2 heterocycles. The van der Waals surface area contributed by atoms with E-state index in [1.54, 1.807) is 13.8 Å². The molecule has 2 aromatic rings. The minimum absolute atomic E-state index is 0.00222. The summed E-state index contributed by atoms with van der Waals surface area (Å²) in [4.78, 5) is 28.2. The first-order valence-electron chi connectivity index (χ1n) is 8.60. The van der Waals surface area contributed by atoms with Gasteiger partial charge in [0.2, 0.25) is 5.91 Å². The molecule has 1 aliphatic rings. The van der Waals surface area contributed by atoms with Gasteiger partial charge in [-0.1, -0.05) is 12.8 Å². The Balaban J connectivity index is 1.79. The number of nitrogens with zero attached hydrogens (tertiary/aromatic N) is 2. The molecule has 0 aromatic carbocycles. The number of carbonyl (C=O) groups excluding carboxylic acids is 1. The molecule has 0 spiro atoms. The van der Waals surface area contributed by atoms with Gasteiger partial charge in [-0.3, -0.25) is 14.7 Å². The van der Waals surface area contributed by atoms with Gasteiger partial charge >= 0.3 is 6.18 Å². The van der Waals surface area contributed by atoms with Crippen LogP contribution in [0.3, 0.4) is 0 Å². The van der Waals surface area contributed by atoms with Crippen molar-refractivity contribution in [1.29, 1.82) is 0 Å². The Morgan fingerprint density at radius 2 is 2.04 bits per heavy atom. The third-order valence-corrected chi connectivity index (χ3v) is 5.16. The van der Waals surface area contributed by atoms with Gasteiger partial charge < -0.3 is 5.32 Å². The lowest BCUT2D eigenvalue weighted by Crippen LogP contribution is -2.42. The number of rotatable bonds is 3. The van der Waals surface area contributed by atoms with Crippen LogP contribution in [-0.4, -0.2) is 26.7 Å². The van der Waals surface area contributed by atoms with Crippen molar-refractivity contribution in [3.8, 4) is 0 Å². The summed E-state index contributed by atoms with van der Waals surface area (Å²) in [7, 11) is 0. The highest BCUT2D eigenvalue weighted by Gasteiger charge is 2.47. The lowest BCUT2D eigenvalue weighted by Gasteiger charge is -2.32. The Morgan fingerprint density at radius 3 is 2.73 bits per heavy atom. The second-order valence-corrected chi connectivity index (χ2v) is 6.83. The summed E-state index contributed by atoms with van der Waals surface area (Å²) in [5.74, 6) is -3.21. The second kappa shape index (κ2) is 6.77. The van der Waals surface area contributed by atoms with Gasteiger partial charge in [-0.15, -0.1) is 0 Å². The fourth-order valence-corrected chi connectivity index (χ4v) is 3.75. The molecule has 0 radical (unpaired) electrons. The van der Waals surface area contributed by atoms with E-state index in [9.17, 15) is 22.8 Å². The molecule has 142 valence electrons. The molecule has 1 amide bonds. The van der Waals surface area contributed by atoms with Crippen molar-refractivity contribution < 1.29 is 18.0 Å². The molecule has 6 nitrogen and oxygen atoms in total. The molecule has 1 saturated carbocycles. The zero-order valence-corrected chi connectivity index (χ0v) is 14.6. The van der Waals surface area contributed by atoms with Crippen LogP contribution in [0.2, 0.25) is 0 Å². The predicted molar refractivity (Wildman–Crippen MR) is 88.6 cm³/mol. The van der Waals surface area contributed by atoms with Crippen molar-refractivity contribution in [2.45, 2.75) is 52.3 Å². The molecule has 26 heavy (non-hydrogen) atoms. The monoisotopic (exact) mass is 370 g/mol. The molecule has 2 aromatic heterocycles. The number of aryl methyl sites for hydroxylation is 2. The Kier molecular flexibility index (Phi) is 4.81. The van der Waals surface area contributed by atoms with Crippen molar-refractivity contribution in [2.75, 3.05) is 0 Å². The summed E-state index contributed by atoms with van der Waals surface area (Å²) in [6.45, 7) is 3.57. The van der Waals surface area contributed by atoms with Gasteiger partial charge in [-0.25, -0.2) is 9.50 Å². The zero-order valence-electron chi connectivity index (χ0n) is 14.6. The van der Waals surface area contributed by atoms with E-state index in [2.05, 4.69) is 15.4 Å². The molecule has 1 aliphatic carbocycles. The average Bonchev–Trinajstić information content (AvgIpc) is 2.94. The highest BCUT2D eigenvalue weighted by atomic mass is 19.4. The predicted octanol–water partition coefficient (Wildman–Crippen LogP) is 2.62. The number of alkyl halides is 3. The molecule has 0 saturated heterocycles. The Morgan fingerprint density at radius 1 is 1.35 bits per heavy atom. The van der Waals surface area contributed by atoms with Gasteiger partial charge in [0, 0.05) is 35.5 Å². The van der Waals surface area contributed by atoms with Gasteiger partial charge in [0.05, 0.1) is 5.92 Å². The molecule has 0 unspecified atom stereocenters. The topological polar surface area (TPSA) is 79.3 Å². The Bertz CT molecular complexity index is 884. The van der Waals surface area contributed by atoms with E-state index in [0.29, 0.717) is 35.4 Å². The third-order valence-electron chi connectivity index (χ3n) is 5.16. The SMILES string of the molecule is Cc1nc2cc(=O)[nH]n2c(C)c1CNC(=O)[C@@H]1CCCC[C@H]1C(F)(F)F. The number of H-pyrrole nitrogens is 1. The van der Waals surface area contributed by atoms with Crippen LogP contribution in [0, 0.1) is 25.7 Å². The van der Waals surface area contributed by atoms with Crippen LogP contribution in [0.5, 0.6) is 0 Å². The zero-order chi connectivity index (χ0) is 19.1. The number of hydrogen-bond acceptors (Lipinski definition) is 3. The van der Waals surface area contributed by atoms with Crippen molar-refractivity contribution >= 4 is 11.6 Å². The van der Waals surface area contributed by atoms with Crippen molar-refractivity contribution in [1.82, 2.24) is 19.9 Å². The highest BCUT2D eigenvalue weighted by Crippen LogP contribution is 2.41. The summed E-state index contributed by atoms with van der Waals surface area (Å²) < 4.78 is 41.1. The van der Waals surface area contributed by atoms with Gasteiger partial charge in [0.1, 0.15) is 0 Å². The summed E-state index contributed by atoms with van der Waals surface area (Å²) in [5.41, 5.74) is 2.15. The van der Waals surface area contributed by atoms with Crippen LogP contribution < -0.4 is 10.9 Å². The quantitative estimate of drug-likeness (QED) is 0.872. The number of fused-ring (bicyclic) bond motifs is 1. The number of halogens is 3. The average molecular weight is 370 g/mol. The third kappa shape index (κ3) is 3.47. The summed E-state index contributed by atoms with van der Waals surface area (Å²) >= 11 is 0. The van der Waals surface area contributed by atoms with E-state index < -0.39 is 23.9 Å². The number of aromatic amines is 1. The minimum Gasteiger partial charge on any atom is -0.352 e. The van der Waals surface area contributed by atoms with Crippen LogP contribution in [0.1, 0.15) is 42.6 Å². The molecular formula is C17H21F3N4O2. The first-order valence-corrected chi connectivity index (χ1v) is 8.60. The van der Waals surface area contributed by atoms with E-state index in [1.165, 1.54) is 10.6 Å². The summed E-state index contributed by atoms with van der Waals surface area (Å²) in [6.07, 6.45) is -3.00. The fraction of sp³-hybridized carbons (Fsp3) is 0.588. The summed E-state index contributed by atoms with van der Waals surface area (Å²) in [6, 6.07) is 1.36. The molecule has 2 N–H and O–H groups in total. The lowest BCUT2D eigenvalue weighted by molar-refractivity contribution is -0.198. The number of amides is 1. The first-order chi connectivity index (χ1) is 12.2. The van der Waals surface area contributed by atoms with Crippen LogP contribution in [-0.2, 0) is 11.3 Å². The maximum absolute atomic E-state index is 13.2.